The molecule has 3 rings (SSSR count). The van der Waals surface area contributed by atoms with Crippen molar-refractivity contribution in [2.45, 2.75) is 40.0 Å². The number of nitrogens with zero attached hydrogens (tertiary/aromatic N) is 3. The number of halogens is 6. The Balaban J connectivity index is 2.11. The van der Waals surface area contributed by atoms with Crippen LogP contribution in [0.4, 0.5) is 37.7 Å². The lowest BCUT2D eigenvalue weighted by Crippen LogP contribution is -2.52. The number of alkyl halides is 6. The number of carbonyl (C=O) groups is 2. The molecule has 1 aliphatic heterocycles. The van der Waals surface area contributed by atoms with Gasteiger partial charge in [-0.3, -0.25) is 14.5 Å². The second-order valence-electron chi connectivity index (χ2n) is 9.82. The molecule has 0 bridgehead atoms. The Kier molecular flexibility index (Phi) is 8.36. The van der Waals surface area contributed by atoms with E-state index in [4.69, 9.17) is 0 Å². The summed E-state index contributed by atoms with van der Waals surface area (Å²) in [6, 6.07) is 9.21. The number of carbonyl (C=O) groups excluding carboxylic acids is 2. The van der Waals surface area contributed by atoms with Gasteiger partial charge in [0.1, 0.15) is 0 Å². The molecule has 2 aromatic carbocycles. The predicted octanol–water partition coefficient (Wildman–Crippen LogP) is 5.69. The van der Waals surface area contributed by atoms with E-state index in [0.717, 1.165) is 11.0 Å². The van der Waals surface area contributed by atoms with Crippen LogP contribution in [0.15, 0.2) is 36.4 Å². The molecule has 6 nitrogen and oxygen atoms in total. The number of benzene rings is 2. The van der Waals surface area contributed by atoms with Crippen LogP contribution in [0.5, 0.6) is 0 Å². The summed E-state index contributed by atoms with van der Waals surface area (Å²) in [5.74, 6) is -2.52. The van der Waals surface area contributed by atoms with Crippen LogP contribution in [0, 0.1) is 36.5 Å². The Morgan fingerprint density at radius 1 is 1.15 bits per heavy atom. The summed E-state index contributed by atoms with van der Waals surface area (Å²) in [6.45, 7) is 4.23. The van der Waals surface area contributed by atoms with Crippen LogP contribution in [0.3, 0.4) is 0 Å². The second-order valence-corrected chi connectivity index (χ2v) is 9.82. The molecule has 210 valence electrons. The topological polar surface area (TPSA) is 76.4 Å². The summed E-state index contributed by atoms with van der Waals surface area (Å²) in [5, 5.41) is 11.6. The minimum absolute atomic E-state index is 0.0962. The molecule has 0 aliphatic carbocycles. The normalized spacial score (nSPS) is 19.9. The molecule has 2 amide bonds. The Hall–Kier alpha value is -3.59. The summed E-state index contributed by atoms with van der Waals surface area (Å²) < 4.78 is 80.3. The smallest absolute Gasteiger partial charge is 0.325 e. The number of anilines is 2. The van der Waals surface area contributed by atoms with E-state index in [9.17, 15) is 41.2 Å². The van der Waals surface area contributed by atoms with E-state index in [1.807, 2.05) is 0 Å². The fourth-order valence-corrected chi connectivity index (χ4v) is 5.03. The zero-order valence-electron chi connectivity index (χ0n) is 21.8. The van der Waals surface area contributed by atoms with Gasteiger partial charge in [-0.15, -0.1) is 0 Å². The SMILES string of the molecule is CCN(CC(F)(F)F)C[C@@]1(C(=O)Nc2cc(C#N)cc(C(F)(F)F)c2)CN(c2c(C)cccc2C)C(=O)[C@H]1C. The van der Waals surface area contributed by atoms with Crippen molar-refractivity contribution in [3.05, 3.63) is 58.7 Å². The highest BCUT2D eigenvalue weighted by molar-refractivity contribution is 6.08. The van der Waals surface area contributed by atoms with Crippen LogP contribution >= 0.6 is 0 Å². The molecule has 2 atom stereocenters. The highest BCUT2D eigenvalue weighted by Gasteiger charge is 2.56. The van der Waals surface area contributed by atoms with Gasteiger partial charge in [-0.2, -0.15) is 31.6 Å². The van der Waals surface area contributed by atoms with Crippen molar-refractivity contribution in [3.8, 4) is 6.07 Å². The van der Waals surface area contributed by atoms with Gasteiger partial charge in [0.15, 0.2) is 0 Å². The molecule has 0 spiro atoms. The summed E-state index contributed by atoms with van der Waals surface area (Å²) >= 11 is 0. The predicted molar refractivity (Wildman–Crippen MR) is 133 cm³/mol. The van der Waals surface area contributed by atoms with Crippen LogP contribution in [0.25, 0.3) is 0 Å². The largest absolute Gasteiger partial charge is 0.416 e. The quantitative estimate of drug-likeness (QED) is 0.447. The number of hydrogen-bond acceptors (Lipinski definition) is 4. The van der Waals surface area contributed by atoms with Crippen molar-refractivity contribution < 1.29 is 35.9 Å². The first-order valence-electron chi connectivity index (χ1n) is 12.1. The maximum Gasteiger partial charge on any atom is 0.416 e. The standard InChI is InChI=1S/C27H28F6N4O2/c1-5-36(15-26(28,29)30)13-25(14-37(23(38)18(25)4)22-16(2)7-6-8-17(22)3)24(39)35-21-10-19(12-34)9-20(11-21)27(31,32)33/h6-11,18H,5,13-15H2,1-4H3,(H,35,39)/t18-,25-/m1/s1. The molecule has 0 radical (unpaired) electrons. The van der Waals surface area contributed by atoms with E-state index in [1.165, 1.54) is 18.7 Å². The summed E-state index contributed by atoms with van der Waals surface area (Å²) in [6.07, 6.45) is -9.40. The monoisotopic (exact) mass is 554 g/mol. The Bertz CT molecular complexity index is 1280. The fraction of sp³-hybridized carbons (Fsp3) is 0.444. The fourth-order valence-electron chi connectivity index (χ4n) is 5.03. The van der Waals surface area contributed by atoms with Crippen LogP contribution < -0.4 is 10.2 Å². The van der Waals surface area contributed by atoms with Gasteiger partial charge in [-0.05, 0) is 49.7 Å². The molecule has 39 heavy (non-hydrogen) atoms. The second kappa shape index (κ2) is 10.9. The van der Waals surface area contributed by atoms with E-state index in [0.29, 0.717) is 28.9 Å². The van der Waals surface area contributed by atoms with Crippen LogP contribution in [-0.4, -0.2) is 49.1 Å². The molecule has 12 heteroatoms. The maximum absolute atomic E-state index is 13.9. The summed E-state index contributed by atoms with van der Waals surface area (Å²) in [4.78, 5) is 29.7. The van der Waals surface area contributed by atoms with E-state index in [-0.39, 0.29) is 24.3 Å². The number of nitriles is 1. The lowest BCUT2D eigenvalue weighted by Gasteiger charge is -2.36. The van der Waals surface area contributed by atoms with E-state index in [2.05, 4.69) is 5.32 Å². The molecule has 0 aromatic heterocycles. The van der Waals surface area contributed by atoms with Gasteiger partial charge in [0.2, 0.25) is 11.8 Å². The van der Waals surface area contributed by atoms with Crippen LogP contribution in [-0.2, 0) is 15.8 Å². The van der Waals surface area contributed by atoms with Crippen molar-refractivity contribution in [1.82, 2.24) is 4.90 Å². The average Bonchev–Trinajstić information content (AvgIpc) is 3.07. The van der Waals surface area contributed by atoms with Crippen molar-refractivity contribution in [3.63, 3.8) is 0 Å². The van der Waals surface area contributed by atoms with Gasteiger partial charge < -0.3 is 10.2 Å². The Morgan fingerprint density at radius 2 is 1.77 bits per heavy atom. The number of nitrogens with one attached hydrogen (secondary N) is 1. The molecule has 0 saturated carbocycles. The molecule has 1 aliphatic rings. The highest BCUT2D eigenvalue weighted by atomic mass is 19.4. The Morgan fingerprint density at radius 3 is 2.28 bits per heavy atom. The third-order valence-corrected chi connectivity index (χ3v) is 7.07. The molecular formula is C27H28F6N4O2. The van der Waals surface area contributed by atoms with Crippen molar-refractivity contribution >= 4 is 23.2 Å². The number of para-hydroxylation sites is 1. The summed E-state index contributed by atoms with van der Waals surface area (Å²) in [5.41, 5.74) is -1.70. The third kappa shape index (κ3) is 6.36. The van der Waals surface area contributed by atoms with Gasteiger partial charge in [0, 0.05) is 24.5 Å². The van der Waals surface area contributed by atoms with Crippen molar-refractivity contribution in [2.24, 2.45) is 11.3 Å². The minimum Gasteiger partial charge on any atom is -0.325 e. The lowest BCUT2D eigenvalue weighted by molar-refractivity contribution is -0.152. The number of aryl methyl sites for hydroxylation is 2. The highest BCUT2D eigenvalue weighted by Crippen LogP contribution is 2.43. The van der Waals surface area contributed by atoms with Gasteiger partial charge >= 0.3 is 12.4 Å². The summed E-state index contributed by atoms with van der Waals surface area (Å²) in [7, 11) is 0. The van der Waals surface area contributed by atoms with Gasteiger partial charge in [0.25, 0.3) is 0 Å². The van der Waals surface area contributed by atoms with E-state index >= 15 is 0 Å². The van der Waals surface area contributed by atoms with Crippen molar-refractivity contribution in [2.75, 3.05) is 36.4 Å². The van der Waals surface area contributed by atoms with Crippen LogP contribution in [0.2, 0.25) is 0 Å². The number of rotatable bonds is 7. The lowest BCUT2D eigenvalue weighted by atomic mass is 9.77. The van der Waals surface area contributed by atoms with Gasteiger partial charge in [-0.25, -0.2) is 0 Å². The van der Waals surface area contributed by atoms with Gasteiger partial charge in [-0.1, -0.05) is 32.0 Å². The maximum atomic E-state index is 13.9. The van der Waals surface area contributed by atoms with Crippen LogP contribution in [0.1, 0.15) is 36.1 Å². The van der Waals surface area contributed by atoms with Crippen molar-refractivity contribution in [1.29, 1.82) is 5.26 Å². The molecular weight excluding hydrogens is 526 g/mol. The molecule has 1 saturated heterocycles. The zero-order chi connectivity index (χ0) is 29.3. The number of amides is 2. The van der Waals surface area contributed by atoms with Gasteiger partial charge in [0.05, 0.1) is 35.1 Å². The first kappa shape index (κ1) is 30.0. The molecule has 1 fully saturated rings. The third-order valence-electron chi connectivity index (χ3n) is 7.07. The molecule has 0 unspecified atom stereocenters. The minimum atomic E-state index is -4.81. The first-order valence-corrected chi connectivity index (χ1v) is 12.1. The Labute approximate surface area is 222 Å². The number of hydrogen-bond donors (Lipinski definition) is 1. The zero-order valence-corrected chi connectivity index (χ0v) is 21.8. The molecule has 1 heterocycles. The first-order chi connectivity index (χ1) is 18.0. The van der Waals surface area contributed by atoms with E-state index < -0.39 is 54.2 Å². The molecule has 2 aromatic rings. The molecule has 1 N–H and O–H groups in total. The average molecular weight is 555 g/mol. The van der Waals surface area contributed by atoms with E-state index in [1.54, 1.807) is 38.1 Å².